The SMILES string of the molecule is Cc1nn(Cc2ccccc2Cl)c2sc(C(=O)N3CCC(N)CC3)cc12. The van der Waals surface area contributed by atoms with E-state index in [2.05, 4.69) is 5.10 Å². The predicted octanol–water partition coefficient (Wildman–Crippen LogP) is 3.67. The third-order valence-corrected chi connectivity index (χ3v) is 6.43. The second kappa shape index (κ2) is 7.02. The number of aromatic nitrogens is 2. The molecule has 2 aromatic heterocycles. The molecule has 0 unspecified atom stereocenters. The highest BCUT2D eigenvalue weighted by Crippen LogP contribution is 2.31. The molecule has 7 heteroatoms. The summed E-state index contributed by atoms with van der Waals surface area (Å²) in [5, 5.41) is 6.40. The van der Waals surface area contributed by atoms with Gasteiger partial charge >= 0.3 is 0 Å². The second-order valence-electron chi connectivity index (χ2n) is 6.79. The number of aryl methyl sites for hydroxylation is 1. The maximum absolute atomic E-state index is 12.9. The number of piperidine rings is 1. The summed E-state index contributed by atoms with van der Waals surface area (Å²) in [6.45, 7) is 4.04. The Morgan fingerprint density at radius 3 is 2.81 bits per heavy atom. The summed E-state index contributed by atoms with van der Waals surface area (Å²) in [7, 11) is 0. The molecular weight excluding hydrogens is 368 g/mol. The molecule has 2 N–H and O–H groups in total. The summed E-state index contributed by atoms with van der Waals surface area (Å²) in [6.07, 6.45) is 1.74. The summed E-state index contributed by atoms with van der Waals surface area (Å²) in [5.74, 6) is 0.0989. The van der Waals surface area contributed by atoms with Crippen molar-refractivity contribution in [3.8, 4) is 0 Å². The van der Waals surface area contributed by atoms with Crippen molar-refractivity contribution in [1.82, 2.24) is 14.7 Å². The Morgan fingerprint density at radius 1 is 1.35 bits per heavy atom. The predicted molar refractivity (Wildman–Crippen MR) is 106 cm³/mol. The number of carbonyl (C=O) groups excluding carboxylic acids is 1. The highest BCUT2D eigenvalue weighted by atomic mass is 35.5. The third kappa shape index (κ3) is 3.24. The highest BCUT2D eigenvalue weighted by Gasteiger charge is 2.24. The Labute approximate surface area is 161 Å². The van der Waals surface area contributed by atoms with Gasteiger partial charge in [0, 0.05) is 29.5 Å². The van der Waals surface area contributed by atoms with Crippen LogP contribution >= 0.6 is 22.9 Å². The van der Waals surface area contributed by atoms with Crippen molar-refractivity contribution in [2.75, 3.05) is 13.1 Å². The number of halogens is 1. The lowest BCUT2D eigenvalue weighted by molar-refractivity contribution is 0.0720. The van der Waals surface area contributed by atoms with E-state index in [1.807, 2.05) is 46.8 Å². The number of nitrogens with two attached hydrogens (primary N) is 1. The van der Waals surface area contributed by atoms with E-state index in [0.717, 1.165) is 57.3 Å². The number of fused-ring (bicyclic) bond motifs is 1. The number of amides is 1. The Morgan fingerprint density at radius 2 is 2.08 bits per heavy atom. The first-order valence-electron chi connectivity index (χ1n) is 8.78. The summed E-state index contributed by atoms with van der Waals surface area (Å²) >= 11 is 7.80. The van der Waals surface area contributed by atoms with Gasteiger partial charge in [-0.25, -0.2) is 0 Å². The number of hydrogen-bond acceptors (Lipinski definition) is 4. The van der Waals surface area contributed by atoms with Gasteiger partial charge in [0.15, 0.2) is 0 Å². The van der Waals surface area contributed by atoms with Crippen LogP contribution in [0.15, 0.2) is 30.3 Å². The lowest BCUT2D eigenvalue weighted by atomic mass is 10.1. The quantitative estimate of drug-likeness (QED) is 0.744. The monoisotopic (exact) mass is 388 g/mol. The topological polar surface area (TPSA) is 64.2 Å². The van der Waals surface area contributed by atoms with Crippen molar-refractivity contribution < 1.29 is 4.79 Å². The largest absolute Gasteiger partial charge is 0.338 e. The average molecular weight is 389 g/mol. The number of thiophene rings is 1. The number of hydrogen-bond donors (Lipinski definition) is 1. The normalized spacial score (nSPS) is 15.7. The molecule has 0 atom stereocenters. The molecule has 1 aliphatic heterocycles. The molecule has 1 saturated heterocycles. The van der Waals surface area contributed by atoms with E-state index in [9.17, 15) is 4.79 Å². The molecule has 1 aromatic carbocycles. The smallest absolute Gasteiger partial charge is 0.264 e. The first kappa shape index (κ1) is 17.5. The minimum absolute atomic E-state index is 0.0989. The molecule has 136 valence electrons. The average Bonchev–Trinajstić information content (AvgIpc) is 3.19. The zero-order chi connectivity index (χ0) is 18.3. The van der Waals surface area contributed by atoms with E-state index < -0.39 is 0 Å². The first-order valence-corrected chi connectivity index (χ1v) is 9.97. The molecule has 5 nitrogen and oxygen atoms in total. The molecule has 0 saturated carbocycles. The van der Waals surface area contributed by atoms with Crippen molar-refractivity contribution in [2.24, 2.45) is 5.73 Å². The van der Waals surface area contributed by atoms with Crippen LogP contribution in [0.1, 0.15) is 33.8 Å². The van der Waals surface area contributed by atoms with Gasteiger partial charge in [0.2, 0.25) is 0 Å². The number of nitrogens with zero attached hydrogens (tertiary/aromatic N) is 3. The van der Waals surface area contributed by atoms with Gasteiger partial charge in [0.05, 0.1) is 17.1 Å². The van der Waals surface area contributed by atoms with E-state index in [0.29, 0.717) is 6.54 Å². The zero-order valence-corrected chi connectivity index (χ0v) is 16.2. The zero-order valence-electron chi connectivity index (χ0n) is 14.6. The fourth-order valence-corrected chi connectivity index (χ4v) is 4.70. The summed E-state index contributed by atoms with van der Waals surface area (Å²) < 4.78 is 1.94. The van der Waals surface area contributed by atoms with E-state index in [4.69, 9.17) is 17.3 Å². The molecular formula is C19H21ClN4OS. The molecule has 1 aliphatic rings. The second-order valence-corrected chi connectivity index (χ2v) is 8.23. The van der Waals surface area contributed by atoms with E-state index in [1.54, 1.807) is 0 Å². The van der Waals surface area contributed by atoms with Gasteiger partial charge < -0.3 is 10.6 Å². The van der Waals surface area contributed by atoms with Crippen LogP contribution in [-0.2, 0) is 6.54 Å². The van der Waals surface area contributed by atoms with Crippen LogP contribution < -0.4 is 5.73 Å². The Kier molecular flexibility index (Phi) is 4.73. The lowest BCUT2D eigenvalue weighted by Crippen LogP contribution is -2.42. The standard InChI is InChI=1S/C19H21ClN4OS/c1-12-15-10-17(18(25)23-8-6-14(21)7-9-23)26-19(15)24(22-12)11-13-4-2-3-5-16(13)20/h2-5,10,14H,6-9,11,21H2,1H3. The molecule has 1 amide bonds. The van der Waals surface area contributed by atoms with Crippen LogP contribution in [0.2, 0.25) is 5.02 Å². The molecule has 4 rings (SSSR count). The molecule has 1 fully saturated rings. The van der Waals surface area contributed by atoms with E-state index in [1.165, 1.54) is 11.3 Å². The van der Waals surface area contributed by atoms with Crippen LogP contribution in [0, 0.1) is 6.92 Å². The summed E-state index contributed by atoms with van der Waals surface area (Å²) in [4.78, 5) is 16.5. The minimum atomic E-state index is 0.0989. The van der Waals surface area contributed by atoms with Crippen molar-refractivity contribution in [3.63, 3.8) is 0 Å². The van der Waals surface area contributed by atoms with E-state index in [-0.39, 0.29) is 11.9 Å². The summed E-state index contributed by atoms with van der Waals surface area (Å²) in [5.41, 5.74) is 7.90. The summed E-state index contributed by atoms with van der Waals surface area (Å²) in [6, 6.07) is 9.97. The molecule has 0 radical (unpaired) electrons. The van der Waals surface area contributed by atoms with Crippen LogP contribution in [0.4, 0.5) is 0 Å². The van der Waals surface area contributed by atoms with Gasteiger partial charge in [-0.1, -0.05) is 29.8 Å². The lowest BCUT2D eigenvalue weighted by Gasteiger charge is -2.29. The van der Waals surface area contributed by atoms with Crippen molar-refractivity contribution in [1.29, 1.82) is 0 Å². The number of rotatable bonds is 3. The van der Waals surface area contributed by atoms with Gasteiger partial charge in [-0.3, -0.25) is 9.48 Å². The fourth-order valence-electron chi connectivity index (χ4n) is 3.37. The van der Waals surface area contributed by atoms with Gasteiger partial charge in [-0.05, 0) is 37.5 Å². The van der Waals surface area contributed by atoms with Crippen LogP contribution in [0.25, 0.3) is 10.2 Å². The molecule has 0 aliphatic carbocycles. The molecule has 0 spiro atoms. The Bertz CT molecular complexity index is 956. The fraction of sp³-hybridized carbons (Fsp3) is 0.368. The first-order chi connectivity index (χ1) is 12.5. The van der Waals surface area contributed by atoms with Gasteiger partial charge in [0.1, 0.15) is 4.83 Å². The minimum Gasteiger partial charge on any atom is -0.338 e. The third-order valence-electron chi connectivity index (χ3n) is 4.92. The number of likely N-dealkylation sites (tertiary alicyclic amines) is 1. The van der Waals surface area contributed by atoms with Crippen molar-refractivity contribution in [2.45, 2.75) is 32.4 Å². The molecule has 0 bridgehead atoms. The molecule has 26 heavy (non-hydrogen) atoms. The van der Waals surface area contributed by atoms with Crippen LogP contribution in [0.5, 0.6) is 0 Å². The van der Waals surface area contributed by atoms with Crippen LogP contribution in [-0.4, -0.2) is 39.7 Å². The Hall–Kier alpha value is -1.89. The van der Waals surface area contributed by atoms with Gasteiger partial charge in [-0.2, -0.15) is 5.10 Å². The van der Waals surface area contributed by atoms with Gasteiger partial charge in [-0.15, -0.1) is 11.3 Å². The van der Waals surface area contributed by atoms with Gasteiger partial charge in [0.25, 0.3) is 5.91 Å². The van der Waals surface area contributed by atoms with Crippen LogP contribution in [0.3, 0.4) is 0 Å². The van der Waals surface area contributed by atoms with Crippen molar-refractivity contribution in [3.05, 3.63) is 51.5 Å². The molecule has 3 aromatic rings. The maximum Gasteiger partial charge on any atom is 0.264 e. The maximum atomic E-state index is 12.9. The van der Waals surface area contributed by atoms with Crippen molar-refractivity contribution >= 4 is 39.1 Å². The number of benzene rings is 1. The van der Waals surface area contributed by atoms with E-state index >= 15 is 0 Å². The Balaban J connectivity index is 1.63. The molecule has 3 heterocycles. The number of carbonyl (C=O) groups is 1. The highest BCUT2D eigenvalue weighted by molar-refractivity contribution is 7.20.